The summed E-state index contributed by atoms with van der Waals surface area (Å²) in [5.41, 5.74) is 2.66. The van der Waals surface area contributed by atoms with Crippen molar-refractivity contribution < 1.29 is 9.66 Å². The zero-order chi connectivity index (χ0) is 18.4. The Labute approximate surface area is 160 Å². The van der Waals surface area contributed by atoms with Gasteiger partial charge in [0, 0.05) is 22.0 Å². The second-order valence-electron chi connectivity index (χ2n) is 6.51. The van der Waals surface area contributed by atoms with E-state index < -0.39 is 4.92 Å². The van der Waals surface area contributed by atoms with E-state index in [0.717, 1.165) is 23.2 Å². The number of nitrogens with one attached hydrogen (secondary N) is 1. The quantitative estimate of drug-likeness (QED) is 0.412. The van der Waals surface area contributed by atoms with Gasteiger partial charge >= 0.3 is 0 Å². The van der Waals surface area contributed by atoms with Gasteiger partial charge in [0.1, 0.15) is 5.75 Å². The van der Waals surface area contributed by atoms with Crippen molar-refractivity contribution in [3.8, 4) is 5.75 Å². The van der Waals surface area contributed by atoms with Gasteiger partial charge in [-0.15, -0.1) is 0 Å². The van der Waals surface area contributed by atoms with Gasteiger partial charge in [0.15, 0.2) is 0 Å². The fourth-order valence-corrected chi connectivity index (χ4v) is 4.51. The first kappa shape index (κ1) is 17.2. The molecular weight excluding hydrogens is 375 g/mol. The third kappa shape index (κ3) is 2.72. The van der Waals surface area contributed by atoms with Crippen molar-refractivity contribution in [1.82, 2.24) is 0 Å². The highest BCUT2D eigenvalue weighted by Crippen LogP contribution is 2.54. The monoisotopic (exact) mass is 390 g/mol. The molecule has 0 radical (unpaired) electrons. The largest absolute Gasteiger partial charge is 0.494 e. The van der Waals surface area contributed by atoms with Crippen molar-refractivity contribution in [3.05, 3.63) is 73.8 Å². The molecule has 1 aliphatic heterocycles. The van der Waals surface area contributed by atoms with Crippen LogP contribution in [0, 0.1) is 16.0 Å². The van der Waals surface area contributed by atoms with Crippen molar-refractivity contribution in [1.29, 1.82) is 0 Å². The Bertz CT molecular complexity index is 929. The van der Waals surface area contributed by atoms with E-state index in [4.69, 9.17) is 27.9 Å². The van der Waals surface area contributed by atoms with E-state index in [2.05, 4.69) is 17.5 Å². The summed E-state index contributed by atoms with van der Waals surface area (Å²) in [6.07, 6.45) is 5.10. The Morgan fingerprint density at radius 1 is 1.23 bits per heavy atom. The molecule has 0 bridgehead atoms. The number of rotatable bonds is 3. The SMILES string of the molecule is COc1cc([N+](=O)[O-])cc2c1N[C@H](c1ccc(Cl)cc1Cl)C1CC=CC21. The van der Waals surface area contributed by atoms with Crippen molar-refractivity contribution in [2.45, 2.75) is 18.4 Å². The number of hydrogen-bond acceptors (Lipinski definition) is 4. The summed E-state index contributed by atoms with van der Waals surface area (Å²) in [6, 6.07) is 8.54. The van der Waals surface area contributed by atoms with Crippen LogP contribution in [0.2, 0.25) is 10.0 Å². The van der Waals surface area contributed by atoms with Crippen molar-refractivity contribution in [3.63, 3.8) is 0 Å². The van der Waals surface area contributed by atoms with Gasteiger partial charge in [-0.1, -0.05) is 41.4 Å². The standard InChI is InChI=1S/C19H16Cl2N2O3/c1-26-17-9-11(23(24)25)8-15-12-3-2-4-13(12)18(22-19(15)17)14-6-5-10(20)7-16(14)21/h2-3,5-9,12-13,18,22H,4H2,1H3/t12?,13?,18-/m0/s1. The fourth-order valence-electron chi connectivity index (χ4n) is 3.98. The van der Waals surface area contributed by atoms with Crippen LogP contribution in [0.25, 0.3) is 0 Å². The van der Waals surface area contributed by atoms with Gasteiger partial charge in [-0.3, -0.25) is 10.1 Å². The van der Waals surface area contributed by atoms with Gasteiger partial charge in [-0.25, -0.2) is 0 Å². The molecular formula is C19H16Cl2N2O3. The Morgan fingerprint density at radius 3 is 2.73 bits per heavy atom. The molecule has 1 heterocycles. The summed E-state index contributed by atoms with van der Waals surface area (Å²) >= 11 is 12.5. The maximum atomic E-state index is 11.3. The number of allylic oxidation sites excluding steroid dienone is 2. The van der Waals surface area contributed by atoms with Crippen LogP contribution in [0.4, 0.5) is 11.4 Å². The zero-order valence-corrected chi connectivity index (χ0v) is 15.4. The molecule has 0 saturated carbocycles. The summed E-state index contributed by atoms with van der Waals surface area (Å²) in [4.78, 5) is 10.9. The molecule has 3 atom stereocenters. The maximum Gasteiger partial charge on any atom is 0.273 e. The molecule has 0 saturated heterocycles. The molecule has 134 valence electrons. The summed E-state index contributed by atoms with van der Waals surface area (Å²) in [7, 11) is 1.52. The van der Waals surface area contributed by atoms with Crippen LogP contribution in [0.3, 0.4) is 0 Å². The lowest BCUT2D eigenvalue weighted by atomic mass is 9.76. The minimum absolute atomic E-state index is 0.0319. The first-order chi connectivity index (χ1) is 12.5. The first-order valence-electron chi connectivity index (χ1n) is 8.24. The van der Waals surface area contributed by atoms with Crippen LogP contribution in [0.15, 0.2) is 42.5 Å². The van der Waals surface area contributed by atoms with Crippen LogP contribution >= 0.6 is 23.2 Å². The van der Waals surface area contributed by atoms with Crippen LogP contribution in [-0.4, -0.2) is 12.0 Å². The Morgan fingerprint density at radius 2 is 2.04 bits per heavy atom. The number of methoxy groups -OCH3 is 1. The maximum absolute atomic E-state index is 11.3. The number of halogens is 2. The fraction of sp³-hybridized carbons (Fsp3) is 0.263. The van der Waals surface area contributed by atoms with Crippen molar-refractivity contribution >= 4 is 34.6 Å². The minimum atomic E-state index is -0.390. The molecule has 4 rings (SSSR count). The van der Waals surface area contributed by atoms with E-state index in [0.29, 0.717) is 15.8 Å². The van der Waals surface area contributed by atoms with Gasteiger partial charge < -0.3 is 10.1 Å². The smallest absolute Gasteiger partial charge is 0.273 e. The predicted octanol–water partition coefficient (Wildman–Crippen LogP) is 5.74. The number of nitro benzene ring substituents is 1. The second kappa shape index (κ2) is 6.49. The number of anilines is 1. The molecule has 0 fully saturated rings. The summed E-state index contributed by atoms with van der Waals surface area (Å²) in [5.74, 6) is 0.743. The molecule has 2 aliphatic rings. The van der Waals surface area contributed by atoms with Crippen LogP contribution in [0.1, 0.15) is 29.5 Å². The van der Waals surface area contributed by atoms with E-state index in [1.165, 1.54) is 13.2 Å². The summed E-state index contributed by atoms with van der Waals surface area (Å²) in [5, 5.41) is 16.0. The molecule has 5 nitrogen and oxygen atoms in total. The number of benzene rings is 2. The molecule has 1 N–H and O–H groups in total. The molecule has 2 aromatic carbocycles. The number of non-ortho nitro benzene ring substituents is 1. The van der Waals surface area contributed by atoms with Gasteiger partial charge in [-0.2, -0.15) is 0 Å². The van der Waals surface area contributed by atoms with Crippen LogP contribution in [0.5, 0.6) is 5.75 Å². The van der Waals surface area contributed by atoms with E-state index in [1.807, 2.05) is 12.1 Å². The van der Waals surface area contributed by atoms with Gasteiger partial charge in [0.2, 0.25) is 0 Å². The lowest BCUT2D eigenvalue weighted by Gasteiger charge is -2.38. The third-order valence-corrected chi connectivity index (χ3v) is 5.71. The molecule has 2 unspecified atom stereocenters. The summed E-state index contributed by atoms with van der Waals surface area (Å²) in [6.45, 7) is 0. The average molecular weight is 391 g/mol. The second-order valence-corrected chi connectivity index (χ2v) is 7.35. The van der Waals surface area contributed by atoms with Gasteiger partial charge in [-0.05, 0) is 35.6 Å². The van der Waals surface area contributed by atoms with Crippen LogP contribution < -0.4 is 10.1 Å². The Balaban J connectivity index is 1.86. The zero-order valence-electron chi connectivity index (χ0n) is 13.9. The molecule has 2 aromatic rings. The highest BCUT2D eigenvalue weighted by Gasteiger charge is 2.40. The highest BCUT2D eigenvalue weighted by molar-refractivity contribution is 6.35. The van der Waals surface area contributed by atoms with Crippen molar-refractivity contribution in [2.24, 2.45) is 5.92 Å². The molecule has 1 aliphatic carbocycles. The van der Waals surface area contributed by atoms with E-state index in [9.17, 15) is 10.1 Å². The number of nitrogens with zero attached hydrogens (tertiary/aromatic N) is 1. The topological polar surface area (TPSA) is 64.4 Å². The lowest BCUT2D eigenvalue weighted by molar-refractivity contribution is -0.385. The lowest BCUT2D eigenvalue weighted by Crippen LogP contribution is -2.29. The first-order valence-corrected chi connectivity index (χ1v) is 8.99. The van der Waals surface area contributed by atoms with E-state index in [1.54, 1.807) is 12.1 Å². The Hall–Kier alpha value is -2.24. The van der Waals surface area contributed by atoms with E-state index >= 15 is 0 Å². The molecule has 0 spiro atoms. The van der Waals surface area contributed by atoms with Gasteiger partial charge in [0.05, 0.1) is 29.8 Å². The molecule has 7 heteroatoms. The number of fused-ring (bicyclic) bond motifs is 3. The minimum Gasteiger partial charge on any atom is -0.494 e. The third-order valence-electron chi connectivity index (χ3n) is 5.15. The molecule has 0 aromatic heterocycles. The number of hydrogen-bond donors (Lipinski definition) is 1. The molecule has 0 amide bonds. The summed E-state index contributed by atoms with van der Waals surface area (Å²) < 4.78 is 5.44. The number of ether oxygens (including phenoxy) is 1. The average Bonchev–Trinajstić information content (AvgIpc) is 3.10. The normalized spacial score (nSPS) is 23.1. The van der Waals surface area contributed by atoms with Gasteiger partial charge in [0.25, 0.3) is 5.69 Å². The van der Waals surface area contributed by atoms with Crippen molar-refractivity contribution in [2.75, 3.05) is 12.4 Å². The van der Waals surface area contributed by atoms with Crippen LogP contribution in [-0.2, 0) is 0 Å². The predicted molar refractivity (Wildman–Crippen MR) is 102 cm³/mol. The van der Waals surface area contributed by atoms with E-state index in [-0.39, 0.29) is 23.6 Å². The highest BCUT2D eigenvalue weighted by atomic mass is 35.5. The molecule has 26 heavy (non-hydrogen) atoms. The Kier molecular flexibility index (Phi) is 4.29. The number of nitro groups is 1.